The van der Waals surface area contributed by atoms with Gasteiger partial charge in [-0.05, 0) is 34.8 Å². The lowest BCUT2D eigenvalue weighted by atomic mass is 10.2. The normalized spacial score (nSPS) is 10.9. The van der Waals surface area contributed by atoms with E-state index in [1.165, 1.54) is 14.2 Å². The highest BCUT2D eigenvalue weighted by Crippen LogP contribution is 2.30. The van der Waals surface area contributed by atoms with E-state index in [1.807, 2.05) is 11.3 Å². The molecule has 0 N–H and O–H groups in total. The second kappa shape index (κ2) is 3.05. The highest BCUT2D eigenvalue weighted by molar-refractivity contribution is 9.10. The van der Waals surface area contributed by atoms with Crippen molar-refractivity contribution >= 4 is 27.3 Å². The molecule has 1 aromatic heterocycles. The summed E-state index contributed by atoms with van der Waals surface area (Å²) in [6, 6.07) is 2.21. The maximum absolute atomic E-state index is 3.49. The van der Waals surface area contributed by atoms with Gasteiger partial charge in [0.15, 0.2) is 0 Å². The van der Waals surface area contributed by atoms with Crippen LogP contribution >= 0.6 is 27.3 Å². The third kappa shape index (κ3) is 1.61. The van der Waals surface area contributed by atoms with E-state index in [-0.39, 0.29) is 0 Å². The van der Waals surface area contributed by atoms with Crippen molar-refractivity contribution < 1.29 is 0 Å². The van der Waals surface area contributed by atoms with E-state index in [4.69, 9.17) is 0 Å². The Bertz CT molecular complexity index is 206. The molecule has 0 aliphatic rings. The summed E-state index contributed by atoms with van der Waals surface area (Å²) in [7, 11) is 0. The van der Waals surface area contributed by atoms with Crippen molar-refractivity contribution in [1.29, 1.82) is 0 Å². The topological polar surface area (TPSA) is 0 Å². The lowest BCUT2D eigenvalue weighted by Gasteiger charge is -1.96. The Morgan fingerprint density at radius 2 is 2.10 bits per heavy atom. The van der Waals surface area contributed by atoms with E-state index in [0.717, 1.165) is 0 Å². The second-order valence-corrected chi connectivity index (χ2v) is 4.85. The van der Waals surface area contributed by atoms with Crippen LogP contribution in [0.4, 0.5) is 0 Å². The van der Waals surface area contributed by atoms with E-state index in [2.05, 4.69) is 42.8 Å². The monoisotopic (exact) mass is 218 g/mol. The quantitative estimate of drug-likeness (QED) is 0.671. The van der Waals surface area contributed by atoms with Gasteiger partial charge in [0.25, 0.3) is 0 Å². The predicted octanol–water partition coefficient (Wildman–Crippen LogP) is 3.94. The standard InChI is InChI=1S/C8H11BrS/c1-5(2)8-4-7(9)6(3)10-8/h4-5H,1-3H3. The lowest BCUT2D eigenvalue weighted by molar-refractivity contribution is 0.889. The van der Waals surface area contributed by atoms with Crippen molar-refractivity contribution in [3.05, 3.63) is 20.3 Å². The third-order valence-corrected chi connectivity index (χ3v) is 3.88. The molecule has 10 heavy (non-hydrogen) atoms. The van der Waals surface area contributed by atoms with Crippen molar-refractivity contribution in [2.45, 2.75) is 26.7 Å². The second-order valence-electron chi connectivity index (χ2n) is 2.71. The number of halogens is 1. The van der Waals surface area contributed by atoms with Crippen LogP contribution in [-0.4, -0.2) is 0 Å². The number of hydrogen-bond acceptors (Lipinski definition) is 1. The lowest BCUT2D eigenvalue weighted by Crippen LogP contribution is -1.77. The molecule has 1 rings (SSSR count). The molecule has 0 nitrogen and oxygen atoms in total. The fourth-order valence-electron chi connectivity index (χ4n) is 0.766. The molecule has 56 valence electrons. The van der Waals surface area contributed by atoms with E-state index in [0.29, 0.717) is 5.92 Å². The van der Waals surface area contributed by atoms with Gasteiger partial charge < -0.3 is 0 Å². The van der Waals surface area contributed by atoms with Crippen molar-refractivity contribution in [2.24, 2.45) is 0 Å². The summed E-state index contributed by atoms with van der Waals surface area (Å²) in [5.41, 5.74) is 0. The van der Waals surface area contributed by atoms with E-state index in [9.17, 15) is 0 Å². The summed E-state index contributed by atoms with van der Waals surface area (Å²) in [5, 5.41) is 0. The maximum Gasteiger partial charge on any atom is 0.0314 e. The Kier molecular flexibility index (Phi) is 2.53. The maximum atomic E-state index is 3.49. The van der Waals surface area contributed by atoms with Crippen LogP contribution in [0.15, 0.2) is 10.5 Å². The van der Waals surface area contributed by atoms with Gasteiger partial charge in [-0.1, -0.05) is 13.8 Å². The average Bonchev–Trinajstić information content (AvgIpc) is 2.13. The van der Waals surface area contributed by atoms with Crippen LogP contribution in [-0.2, 0) is 0 Å². The Hall–Kier alpha value is 0.180. The Balaban J connectivity index is 2.98. The minimum Gasteiger partial charge on any atom is -0.144 e. The van der Waals surface area contributed by atoms with Crippen LogP contribution in [0.25, 0.3) is 0 Å². The highest BCUT2D eigenvalue weighted by atomic mass is 79.9. The molecule has 2 heteroatoms. The summed E-state index contributed by atoms with van der Waals surface area (Å²) in [5.74, 6) is 0.662. The molecule has 0 amide bonds. The summed E-state index contributed by atoms with van der Waals surface area (Å²) < 4.78 is 1.25. The van der Waals surface area contributed by atoms with Crippen LogP contribution in [0.5, 0.6) is 0 Å². The predicted molar refractivity (Wildman–Crippen MR) is 50.8 cm³/mol. The van der Waals surface area contributed by atoms with Gasteiger partial charge in [-0.25, -0.2) is 0 Å². The zero-order chi connectivity index (χ0) is 7.72. The van der Waals surface area contributed by atoms with Gasteiger partial charge in [0.1, 0.15) is 0 Å². The molecule has 1 aromatic rings. The first kappa shape index (κ1) is 8.28. The first-order chi connectivity index (χ1) is 4.61. The number of thiophene rings is 1. The summed E-state index contributed by atoms with van der Waals surface area (Å²) in [6.45, 7) is 6.58. The summed E-state index contributed by atoms with van der Waals surface area (Å²) in [4.78, 5) is 2.84. The molecule has 0 atom stereocenters. The van der Waals surface area contributed by atoms with Crippen molar-refractivity contribution in [2.75, 3.05) is 0 Å². The van der Waals surface area contributed by atoms with Crippen LogP contribution in [0, 0.1) is 6.92 Å². The minimum absolute atomic E-state index is 0.662. The highest BCUT2D eigenvalue weighted by Gasteiger charge is 2.04. The van der Waals surface area contributed by atoms with Gasteiger partial charge >= 0.3 is 0 Å². The molecular weight excluding hydrogens is 208 g/mol. The van der Waals surface area contributed by atoms with Crippen LogP contribution in [0.1, 0.15) is 29.5 Å². The largest absolute Gasteiger partial charge is 0.144 e. The molecule has 0 spiro atoms. The fourth-order valence-corrected chi connectivity index (χ4v) is 2.33. The van der Waals surface area contributed by atoms with Crippen molar-refractivity contribution in [1.82, 2.24) is 0 Å². The fraction of sp³-hybridized carbons (Fsp3) is 0.500. The SMILES string of the molecule is Cc1sc(C(C)C)cc1Br. The molecule has 0 saturated carbocycles. The van der Waals surface area contributed by atoms with Gasteiger partial charge in [0, 0.05) is 14.2 Å². The molecule has 0 aromatic carbocycles. The molecule has 0 bridgehead atoms. The molecule has 1 heterocycles. The van der Waals surface area contributed by atoms with Crippen LogP contribution < -0.4 is 0 Å². The molecule has 0 aliphatic heterocycles. The van der Waals surface area contributed by atoms with Gasteiger partial charge in [-0.3, -0.25) is 0 Å². The molecular formula is C8H11BrS. The summed E-state index contributed by atoms with van der Waals surface area (Å²) in [6.07, 6.45) is 0. The van der Waals surface area contributed by atoms with Crippen molar-refractivity contribution in [3.8, 4) is 0 Å². The van der Waals surface area contributed by atoms with E-state index >= 15 is 0 Å². The van der Waals surface area contributed by atoms with Gasteiger partial charge in [-0.15, -0.1) is 11.3 Å². The van der Waals surface area contributed by atoms with Gasteiger partial charge in [0.05, 0.1) is 0 Å². The average molecular weight is 219 g/mol. The minimum atomic E-state index is 0.662. The van der Waals surface area contributed by atoms with Gasteiger partial charge in [-0.2, -0.15) is 0 Å². The molecule has 0 aliphatic carbocycles. The van der Waals surface area contributed by atoms with Crippen LogP contribution in [0.3, 0.4) is 0 Å². The van der Waals surface area contributed by atoms with Crippen molar-refractivity contribution in [3.63, 3.8) is 0 Å². The zero-order valence-corrected chi connectivity index (χ0v) is 8.84. The first-order valence-electron chi connectivity index (χ1n) is 3.37. The Morgan fingerprint density at radius 3 is 2.30 bits per heavy atom. The Labute approximate surface area is 74.4 Å². The summed E-state index contributed by atoms with van der Waals surface area (Å²) >= 11 is 5.37. The number of hydrogen-bond donors (Lipinski definition) is 0. The zero-order valence-electron chi connectivity index (χ0n) is 6.44. The van der Waals surface area contributed by atoms with E-state index in [1.54, 1.807) is 0 Å². The molecule has 0 saturated heterocycles. The smallest absolute Gasteiger partial charge is 0.0314 e. The Morgan fingerprint density at radius 1 is 1.50 bits per heavy atom. The van der Waals surface area contributed by atoms with Gasteiger partial charge in [0.2, 0.25) is 0 Å². The number of aryl methyl sites for hydroxylation is 1. The molecule has 0 fully saturated rings. The van der Waals surface area contributed by atoms with Crippen LogP contribution in [0.2, 0.25) is 0 Å². The molecule has 0 unspecified atom stereocenters. The molecule has 0 radical (unpaired) electrons. The van der Waals surface area contributed by atoms with E-state index < -0.39 is 0 Å². The third-order valence-electron chi connectivity index (χ3n) is 1.45. The first-order valence-corrected chi connectivity index (χ1v) is 4.98. The number of rotatable bonds is 1.